The predicted molar refractivity (Wildman–Crippen MR) is 89.0 cm³/mol. The summed E-state index contributed by atoms with van der Waals surface area (Å²) < 4.78 is 0. The number of anilines is 1. The first-order chi connectivity index (χ1) is 10.00. The maximum absolute atomic E-state index is 12.4. The average Bonchev–Trinajstić information content (AvgIpc) is 2.39. The first-order valence-electron chi connectivity index (χ1n) is 7.71. The third-order valence-corrected chi connectivity index (χ3v) is 4.04. The number of benzene rings is 1. The Morgan fingerprint density at radius 1 is 0.818 bits per heavy atom. The molecule has 22 heavy (non-hydrogen) atoms. The Morgan fingerprint density at radius 2 is 1.36 bits per heavy atom. The Labute approximate surface area is 133 Å². The number of amides is 2. The highest BCUT2D eigenvalue weighted by Crippen LogP contribution is 2.27. The molecule has 1 aromatic rings. The van der Waals surface area contributed by atoms with E-state index < -0.39 is 0 Å². The van der Waals surface area contributed by atoms with Crippen molar-refractivity contribution >= 4 is 17.5 Å². The van der Waals surface area contributed by atoms with Gasteiger partial charge in [0.25, 0.3) is 0 Å². The summed E-state index contributed by atoms with van der Waals surface area (Å²) in [4.78, 5) is 28.0. The van der Waals surface area contributed by atoms with E-state index in [0.717, 1.165) is 5.69 Å². The molecule has 2 rings (SSSR count). The molecule has 1 saturated heterocycles. The van der Waals surface area contributed by atoms with Gasteiger partial charge in [0, 0.05) is 11.2 Å². The maximum Gasteiger partial charge on any atom is 0.247 e. The third kappa shape index (κ3) is 3.32. The molecule has 2 amide bonds. The molecule has 0 saturated carbocycles. The van der Waals surface area contributed by atoms with Crippen molar-refractivity contribution in [3.63, 3.8) is 0 Å². The lowest BCUT2D eigenvalue weighted by atomic mass is 9.87. The summed E-state index contributed by atoms with van der Waals surface area (Å²) >= 11 is 0. The van der Waals surface area contributed by atoms with Gasteiger partial charge in [-0.05, 0) is 43.9 Å². The van der Waals surface area contributed by atoms with Crippen molar-refractivity contribution in [2.45, 2.75) is 52.5 Å². The van der Waals surface area contributed by atoms with Crippen LogP contribution < -0.4 is 4.90 Å². The second kappa shape index (κ2) is 5.41. The lowest BCUT2D eigenvalue weighted by Gasteiger charge is -2.41. The van der Waals surface area contributed by atoms with Gasteiger partial charge in [-0.1, -0.05) is 32.9 Å². The first kappa shape index (κ1) is 16.5. The summed E-state index contributed by atoms with van der Waals surface area (Å²) in [6.45, 7) is 12.6. The Bertz CT molecular complexity index is 577. The average molecular weight is 302 g/mol. The molecule has 1 fully saturated rings. The van der Waals surface area contributed by atoms with Crippen LogP contribution in [0.4, 0.5) is 5.69 Å². The highest BCUT2D eigenvalue weighted by Gasteiger charge is 2.36. The summed E-state index contributed by atoms with van der Waals surface area (Å²) in [7, 11) is 0. The minimum atomic E-state index is -0.324. The molecule has 1 aliphatic rings. The van der Waals surface area contributed by atoms with Crippen molar-refractivity contribution in [3.8, 4) is 0 Å². The summed E-state index contributed by atoms with van der Waals surface area (Å²) in [6, 6.07) is 7.92. The highest BCUT2D eigenvalue weighted by atomic mass is 16.2. The molecule has 0 bridgehead atoms. The van der Waals surface area contributed by atoms with E-state index >= 15 is 0 Å². The quantitative estimate of drug-likeness (QED) is 0.800. The predicted octanol–water partition coefficient (Wildman–Crippen LogP) is 2.96. The SMILES string of the molecule is CC(C)(C)c1ccc(N2CC(=O)N(C(C)(C)C)CC2=O)cc1. The molecule has 0 spiro atoms. The fourth-order valence-corrected chi connectivity index (χ4v) is 2.61. The van der Waals surface area contributed by atoms with Crippen molar-refractivity contribution in [2.75, 3.05) is 18.0 Å². The number of piperazine rings is 1. The Morgan fingerprint density at radius 3 is 1.82 bits per heavy atom. The summed E-state index contributed by atoms with van der Waals surface area (Å²) in [5.41, 5.74) is 1.75. The van der Waals surface area contributed by atoms with Crippen LogP contribution in [0.15, 0.2) is 24.3 Å². The van der Waals surface area contributed by atoms with E-state index in [1.807, 2.05) is 45.0 Å². The summed E-state index contributed by atoms with van der Waals surface area (Å²) in [6.07, 6.45) is 0. The molecular formula is C18H26N2O2. The van der Waals surface area contributed by atoms with Crippen molar-refractivity contribution < 1.29 is 9.59 Å². The standard InChI is InChI=1S/C18H26N2O2/c1-17(2,3)13-7-9-14(10-8-13)19-11-16(22)20(12-15(19)21)18(4,5)6/h7-10H,11-12H2,1-6H3. The lowest BCUT2D eigenvalue weighted by Crippen LogP contribution is -2.59. The van der Waals surface area contributed by atoms with Crippen molar-refractivity contribution in [1.82, 2.24) is 4.90 Å². The Kier molecular flexibility index (Phi) is 4.07. The Hall–Kier alpha value is -1.84. The van der Waals surface area contributed by atoms with Crippen LogP contribution in [0.1, 0.15) is 47.1 Å². The normalized spacial score (nSPS) is 17.2. The van der Waals surface area contributed by atoms with E-state index in [1.54, 1.807) is 9.80 Å². The molecule has 1 aromatic carbocycles. The number of hydrogen-bond donors (Lipinski definition) is 0. The van der Waals surface area contributed by atoms with Crippen LogP contribution in [0.3, 0.4) is 0 Å². The van der Waals surface area contributed by atoms with Crippen molar-refractivity contribution in [1.29, 1.82) is 0 Å². The van der Waals surface area contributed by atoms with Gasteiger partial charge in [-0.2, -0.15) is 0 Å². The van der Waals surface area contributed by atoms with Gasteiger partial charge in [-0.3, -0.25) is 9.59 Å². The van der Waals surface area contributed by atoms with Gasteiger partial charge in [0.2, 0.25) is 11.8 Å². The number of rotatable bonds is 1. The molecule has 1 heterocycles. The monoisotopic (exact) mass is 302 g/mol. The van der Waals surface area contributed by atoms with E-state index in [4.69, 9.17) is 0 Å². The van der Waals surface area contributed by atoms with E-state index in [-0.39, 0.29) is 35.9 Å². The van der Waals surface area contributed by atoms with Gasteiger partial charge in [0.1, 0.15) is 13.1 Å². The van der Waals surface area contributed by atoms with Crippen LogP contribution >= 0.6 is 0 Å². The van der Waals surface area contributed by atoms with Gasteiger partial charge in [-0.15, -0.1) is 0 Å². The van der Waals surface area contributed by atoms with Gasteiger partial charge in [-0.25, -0.2) is 0 Å². The number of nitrogens with zero attached hydrogens (tertiary/aromatic N) is 2. The summed E-state index contributed by atoms with van der Waals surface area (Å²) in [5.74, 6) is -0.0370. The molecule has 0 N–H and O–H groups in total. The molecule has 1 aliphatic heterocycles. The van der Waals surface area contributed by atoms with Gasteiger partial charge < -0.3 is 9.80 Å². The first-order valence-corrected chi connectivity index (χ1v) is 7.71. The third-order valence-electron chi connectivity index (χ3n) is 4.04. The van der Waals surface area contributed by atoms with E-state index in [0.29, 0.717) is 0 Å². The topological polar surface area (TPSA) is 40.6 Å². The minimum Gasteiger partial charge on any atom is -0.327 e. The van der Waals surface area contributed by atoms with Crippen LogP contribution in [0, 0.1) is 0 Å². The number of carbonyl (C=O) groups is 2. The van der Waals surface area contributed by atoms with Gasteiger partial charge in [0.05, 0.1) is 0 Å². The smallest absolute Gasteiger partial charge is 0.247 e. The van der Waals surface area contributed by atoms with Crippen molar-refractivity contribution in [2.24, 2.45) is 0 Å². The zero-order chi connectivity index (χ0) is 16.7. The maximum atomic E-state index is 12.4. The fourth-order valence-electron chi connectivity index (χ4n) is 2.61. The summed E-state index contributed by atoms with van der Waals surface area (Å²) in [5, 5.41) is 0. The van der Waals surface area contributed by atoms with Crippen LogP contribution in [-0.2, 0) is 15.0 Å². The van der Waals surface area contributed by atoms with Crippen LogP contribution in [0.5, 0.6) is 0 Å². The second-order valence-corrected chi connectivity index (χ2v) is 7.93. The molecule has 4 heteroatoms. The highest BCUT2D eigenvalue weighted by molar-refractivity contribution is 6.04. The molecule has 0 radical (unpaired) electrons. The zero-order valence-electron chi connectivity index (χ0n) is 14.4. The molecular weight excluding hydrogens is 276 g/mol. The molecule has 0 unspecified atom stereocenters. The van der Waals surface area contributed by atoms with Gasteiger partial charge in [0.15, 0.2) is 0 Å². The van der Waals surface area contributed by atoms with Crippen LogP contribution in [-0.4, -0.2) is 35.3 Å². The number of carbonyl (C=O) groups excluding carboxylic acids is 2. The molecule has 4 nitrogen and oxygen atoms in total. The molecule has 0 aromatic heterocycles. The second-order valence-electron chi connectivity index (χ2n) is 7.93. The zero-order valence-corrected chi connectivity index (χ0v) is 14.4. The lowest BCUT2D eigenvalue weighted by molar-refractivity contribution is -0.143. The fraction of sp³-hybridized carbons (Fsp3) is 0.556. The molecule has 0 aliphatic carbocycles. The van der Waals surface area contributed by atoms with Gasteiger partial charge >= 0.3 is 0 Å². The Balaban J connectivity index is 2.21. The van der Waals surface area contributed by atoms with E-state index in [2.05, 4.69) is 20.8 Å². The number of hydrogen-bond acceptors (Lipinski definition) is 2. The van der Waals surface area contributed by atoms with Crippen LogP contribution in [0.25, 0.3) is 0 Å². The van der Waals surface area contributed by atoms with Crippen LogP contribution in [0.2, 0.25) is 0 Å². The molecule has 120 valence electrons. The van der Waals surface area contributed by atoms with E-state index in [9.17, 15) is 9.59 Å². The van der Waals surface area contributed by atoms with E-state index in [1.165, 1.54) is 5.56 Å². The molecule has 0 atom stereocenters. The minimum absolute atomic E-state index is 0.00741. The largest absolute Gasteiger partial charge is 0.327 e. The van der Waals surface area contributed by atoms with Crippen molar-refractivity contribution in [3.05, 3.63) is 29.8 Å².